The molecule has 2 N–H and O–H groups in total. The van der Waals surface area contributed by atoms with Crippen LogP contribution in [0.5, 0.6) is 0 Å². The molecule has 0 spiro atoms. The molecule has 0 radical (unpaired) electrons. The third-order valence-corrected chi connectivity index (χ3v) is 6.82. The summed E-state index contributed by atoms with van der Waals surface area (Å²) in [6.45, 7) is 3.77. The molecule has 3 rings (SSSR count). The van der Waals surface area contributed by atoms with E-state index < -0.39 is 21.7 Å². The Balaban J connectivity index is 1.51. The summed E-state index contributed by atoms with van der Waals surface area (Å²) in [5.74, 6) is -1.52. The number of rotatable bonds is 8. The lowest BCUT2D eigenvalue weighted by molar-refractivity contribution is -0.119. The van der Waals surface area contributed by atoms with Crippen LogP contribution >= 0.6 is 0 Å². The van der Waals surface area contributed by atoms with Gasteiger partial charge in [0.1, 0.15) is 12.4 Å². The normalized spacial score (nSPS) is 14.8. The second-order valence-corrected chi connectivity index (χ2v) is 9.56. The van der Waals surface area contributed by atoms with Gasteiger partial charge in [-0.15, -0.1) is 0 Å². The Morgan fingerprint density at radius 3 is 2.09 bits per heavy atom. The van der Waals surface area contributed by atoms with Crippen molar-refractivity contribution < 1.29 is 22.7 Å². The fraction of sp³-hybridized carbons (Fsp3) is 0.364. The molecular formula is C22H28N4O5S. The summed E-state index contributed by atoms with van der Waals surface area (Å²) in [4.78, 5) is 26.0. The summed E-state index contributed by atoms with van der Waals surface area (Å²) in [6.07, 6.45) is 0. The predicted octanol–water partition coefficient (Wildman–Crippen LogP) is 1.67. The van der Waals surface area contributed by atoms with Gasteiger partial charge in [0.2, 0.25) is 21.8 Å². The van der Waals surface area contributed by atoms with Gasteiger partial charge in [0.05, 0.1) is 0 Å². The Hall–Kier alpha value is -2.95. The average molecular weight is 461 g/mol. The highest BCUT2D eigenvalue weighted by atomic mass is 32.2. The summed E-state index contributed by atoms with van der Waals surface area (Å²) >= 11 is 0. The third-order valence-electron chi connectivity index (χ3n) is 5.04. The molecule has 10 heteroatoms. The summed E-state index contributed by atoms with van der Waals surface area (Å²) in [7, 11) is -2.30. The maximum atomic E-state index is 12.7. The molecule has 2 aromatic rings. The number of carbonyl (C=O) groups excluding carboxylic acids is 2. The number of anilines is 3. The number of aryl methyl sites for hydroxylation is 1. The largest absolute Gasteiger partial charge is 0.375 e. The van der Waals surface area contributed by atoms with Crippen molar-refractivity contribution in [3.63, 3.8) is 0 Å². The second-order valence-electron chi connectivity index (χ2n) is 7.59. The van der Waals surface area contributed by atoms with Gasteiger partial charge in [-0.1, -0.05) is 12.1 Å². The van der Waals surface area contributed by atoms with Crippen molar-refractivity contribution in [2.24, 2.45) is 0 Å². The Bertz CT molecular complexity index is 1050. The number of methoxy groups -OCH3 is 1. The first-order chi connectivity index (χ1) is 15.3. The maximum Gasteiger partial charge on any atom is 0.250 e. The number of nitrogens with zero attached hydrogens (tertiary/aromatic N) is 2. The molecule has 1 aliphatic heterocycles. The third kappa shape index (κ3) is 6.52. The predicted molar refractivity (Wildman–Crippen MR) is 124 cm³/mol. The average Bonchev–Trinajstić information content (AvgIpc) is 2.75. The fourth-order valence-electron chi connectivity index (χ4n) is 3.47. The van der Waals surface area contributed by atoms with E-state index in [1.54, 1.807) is 24.3 Å². The molecule has 0 bridgehead atoms. The molecule has 0 unspecified atom stereocenters. The smallest absolute Gasteiger partial charge is 0.250 e. The van der Waals surface area contributed by atoms with Crippen molar-refractivity contribution in [3.05, 3.63) is 54.1 Å². The van der Waals surface area contributed by atoms with E-state index in [1.807, 2.05) is 25.1 Å². The van der Waals surface area contributed by atoms with Crippen LogP contribution in [0.1, 0.15) is 5.56 Å². The number of carbonyl (C=O) groups is 2. The summed E-state index contributed by atoms with van der Waals surface area (Å²) < 4.78 is 31.5. The lowest BCUT2D eigenvalue weighted by Gasteiger charge is -2.35. The molecule has 172 valence electrons. The van der Waals surface area contributed by atoms with E-state index in [1.165, 1.54) is 11.4 Å². The van der Waals surface area contributed by atoms with Gasteiger partial charge in [0.15, 0.2) is 0 Å². The van der Waals surface area contributed by atoms with Crippen molar-refractivity contribution in [1.82, 2.24) is 4.31 Å². The van der Waals surface area contributed by atoms with Crippen molar-refractivity contribution in [1.29, 1.82) is 0 Å². The maximum absolute atomic E-state index is 12.7. The van der Waals surface area contributed by atoms with Gasteiger partial charge >= 0.3 is 0 Å². The van der Waals surface area contributed by atoms with Crippen molar-refractivity contribution >= 4 is 38.9 Å². The molecule has 1 fully saturated rings. The van der Waals surface area contributed by atoms with E-state index in [2.05, 4.69) is 21.6 Å². The molecular weight excluding hydrogens is 432 g/mol. The Labute approximate surface area is 188 Å². The van der Waals surface area contributed by atoms with Crippen LogP contribution in [0.2, 0.25) is 0 Å². The minimum Gasteiger partial charge on any atom is -0.375 e. The van der Waals surface area contributed by atoms with Crippen LogP contribution in [0, 0.1) is 6.92 Å². The molecule has 9 nitrogen and oxygen atoms in total. The van der Waals surface area contributed by atoms with Crippen LogP contribution in [-0.2, 0) is 24.3 Å². The van der Waals surface area contributed by atoms with Crippen LogP contribution in [0.15, 0.2) is 48.5 Å². The van der Waals surface area contributed by atoms with E-state index in [-0.39, 0.29) is 12.5 Å². The fourth-order valence-corrected chi connectivity index (χ4v) is 4.77. The highest BCUT2D eigenvalue weighted by Crippen LogP contribution is 2.19. The molecule has 32 heavy (non-hydrogen) atoms. The van der Waals surface area contributed by atoms with Crippen LogP contribution < -0.4 is 15.5 Å². The number of sulfonamides is 1. The zero-order valence-corrected chi connectivity index (χ0v) is 19.0. The summed E-state index contributed by atoms with van der Waals surface area (Å²) in [5, 5.41) is 5.23. The van der Waals surface area contributed by atoms with Crippen LogP contribution in [0.25, 0.3) is 0 Å². The van der Waals surface area contributed by atoms with Crippen molar-refractivity contribution in [2.75, 3.05) is 61.2 Å². The van der Waals surface area contributed by atoms with Crippen LogP contribution in [-0.4, -0.2) is 70.2 Å². The van der Waals surface area contributed by atoms with Crippen molar-refractivity contribution in [3.8, 4) is 0 Å². The van der Waals surface area contributed by atoms with Crippen LogP contribution in [0.4, 0.5) is 17.1 Å². The number of amides is 2. The van der Waals surface area contributed by atoms with Gasteiger partial charge in [-0.25, -0.2) is 8.42 Å². The Kier molecular flexibility index (Phi) is 7.84. The molecule has 0 aliphatic carbocycles. The molecule has 1 saturated heterocycles. The van der Waals surface area contributed by atoms with E-state index in [9.17, 15) is 18.0 Å². The quantitative estimate of drug-likeness (QED) is 0.621. The summed E-state index contributed by atoms with van der Waals surface area (Å²) in [5.41, 5.74) is 3.21. The van der Waals surface area contributed by atoms with Gasteiger partial charge in [0.25, 0.3) is 0 Å². The van der Waals surface area contributed by atoms with E-state index in [4.69, 9.17) is 4.74 Å². The highest BCUT2D eigenvalue weighted by molar-refractivity contribution is 7.89. The zero-order valence-electron chi connectivity index (χ0n) is 18.2. The van der Waals surface area contributed by atoms with Gasteiger partial charge < -0.3 is 20.3 Å². The first kappa shape index (κ1) is 23.7. The molecule has 1 aliphatic rings. The van der Waals surface area contributed by atoms with Gasteiger partial charge in [-0.05, 0) is 48.9 Å². The number of nitrogens with one attached hydrogen (secondary N) is 2. The summed E-state index contributed by atoms with van der Waals surface area (Å²) in [6, 6.07) is 14.5. The lowest BCUT2D eigenvalue weighted by atomic mass is 10.2. The molecule has 2 amide bonds. The SMILES string of the molecule is COCC(=O)Nc1ccc(NC(=O)CS(=O)(=O)N2CCN(c3cccc(C)c3)CC2)cc1. The number of ether oxygens (including phenoxy) is 1. The monoisotopic (exact) mass is 460 g/mol. The van der Waals surface area contributed by atoms with E-state index in [0.29, 0.717) is 37.6 Å². The number of hydrogen-bond acceptors (Lipinski definition) is 6. The Morgan fingerprint density at radius 1 is 0.938 bits per heavy atom. The highest BCUT2D eigenvalue weighted by Gasteiger charge is 2.29. The van der Waals surface area contributed by atoms with Gasteiger partial charge in [-0.2, -0.15) is 4.31 Å². The lowest BCUT2D eigenvalue weighted by Crippen LogP contribution is -2.50. The first-order valence-corrected chi connectivity index (χ1v) is 11.9. The van der Waals surface area contributed by atoms with Gasteiger partial charge in [-0.3, -0.25) is 9.59 Å². The first-order valence-electron chi connectivity index (χ1n) is 10.2. The minimum absolute atomic E-state index is 0.0599. The number of benzene rings is 2. The van der Waals surface area contributed by atoms with Crippen LogP contribution in [0.3, 0.4) is 0 Å². The van der Waals surface area contributed by atoms with E-state index in [0.717, 1.165) is 11.3 Å². The molecule has 0 saturated carbocycles. The zero-order chi connectivity index (χ0) is 23.1. The topological polar surface area (TPSA) is 108 Å². The molecule has 1 heterocycles. The van der Waals surface area contributed by atoms with E-state index >= 15 is 0 Å². The van der Waals surface area contributed by atoms with Gasteiger partial charge in [0, 0.05) is 50.4 Å². The molecule has 0 atom stereocenters. The number of piperazine rings is 1. The molecule has 0 aromatic heterocycles. The number of hydrogen-bond donors (Lipinski definition) is 2. The molecule has 2 aromatic carbocycles. The standard InChI is InChI=1S/C22H28N4O5S/c1-17-4-3-5-20(14-17)25-10-12-26(13-11-25)32(29,30)16-22(28)24-19-8-6-18(7-9-19)23-21(27)15-31-2/h3-9,14H,10-13,15-16H2,1-2H3,(H,23,27)(H,24,28). The second kappa shape index (κ2) is 10.6. The van der Waals surface area contributed by atoms with Crippen molar-refractivity contribution in [2.45, 2.75) is 6.92 Å². The Morgan fingerprint density at radius 2 is 1.53 bits per heavy atom. The minimum atomic E-state index is -3.72.